The number of ether oxygens (including phenoxy) is 1. The van der Waals surface area contributed by atoms with Gasteiger partial charge in [0.15, 0.2) is 0 Å². The van der Waals surface area contributed by atoms with Crippen molar-refractivity contribution in [1.29, 1.82) is 0 Å². The molecule has 1 aliphatic rings. The van der Waals surface area contributed by atoms with Gasteiger partial charge in [-0.15, -0.1) is 0 Å². The molecule has 0 N–H and O–H groups in total. The predicted octanol–water partition coefficient (Wildman–Crippen LogP) is 3.37. The van der Waals surface area contributed by atoms with Crippen LogP contribution in [0, 0.1) is 0 Å². The molecular formula is C23H26N4O2. The summed E-state index contributed by atoms with van der Waals surface area (Å²) >= 11 is 0. The number of anilines is 1. The summed E-state index contributed by atoms with van der Waals surface area (Å²) in [6.45, 7) is 6.89. The maximum absolute atomic E-state index is 11.8. The molecule has 0 radical (unpaired) electrons. The van der Waals surface area contributed by atoms with Gasteiger partial charge in [0.25, 0.3) is 0 Å². The first-order valence-electron chi connectivity index (χ1n) is 10.1. The van der Waals surface area contributed by atoms with Crippen molar-refractivity contribution in [3.8, 4) is 5.69 Å². The molecule has 0 bridgehead atoms. The molecule has 3 aromatic rings. The van der Waals surface area contributed by atoms with E-state index in [0.29, 0.717) is 12.2 Å². The average molecular weight is 390 g/mol. The van der Waals surface area contributed by atoms with E-state index in [1.54, 1.807) is 0 Å². The zero-order valence-corrected chi connectivity index (χ0v) is 16.7. The van der Waals surface area contributed by atoms with Gasteiger partial charge in [-0.25, -0.2) is 9.78 Å². The molecule has 1 saturated heterocycles. The maximum atomic E-state index is 11.8. The minimum Gasteiger partial charge on any atom is -0.462 e. The maximum Gasteiger partial charge on any atom is 0.338 e. The van der Waals surface area contributed by atoms with Crippen molar-refractivity contribution in [2.24, 2.45) is 0 Å². The van der Waals surface area contributed by atoms with Crippen molar-refractivity contribution in [1.82, 2.24) is 14.5 Å². The zero-order valence-electron chi connectivity index (χ0n) is 16.7. The average Bonchev–Trinajstić information content (AvgIpc) is 3.23. The summed E-state index contributed by atoms with van der Waals surface area (Å²) in [7, 11) is 0. The number of nitrogens with zero attached hydrogens (tertiary/aromatic N) is 4. The Morgan fingerprint density at radius 2 is 1.69 bits per heavy atom. The second-order valence-corrected chi connectivity index (χ2v) is 7.08. The van der Waals surface area contributed by atoms with Gasteiger partial charge < -0.3 is 14.2 Å². The lowest BCUT2D eigenvalue weighted by Gasteiger charge is -2.36. The molecule has 1 aliphatic heterocycles. The number of piperazine rings is 1. The Labute approximate surface area is 171 Å². The summed E-state index contributed by atoms with van der Waals surface area (Å²) in [6.07, 6.45) is 3.88. The Bertz CT molecular complexity index is 929. The van der Waals surface area contributed by atoms with E-state index in [1.807, 2.05) is 61.8 Å². The summed E-state index contributed by atoms with van der Waals surface area (Å²) in [5.74, 6) is 0.793. The number of hydrogen-bond donors (Lipinski definition) is 0. The smallest absolute Gasteiger partial charge is 0.338 e. The molecule has 0 spiro atoms. The number of benzene rings is 2. The highest BCUT2D eigenvalue weighted by Crippen LogP contribution is 2.19. The van der Waals surface area contributed by atoms with Crippen molar-refractivity contribution in [3.63, 3.8) is 0 Å². The van der Waals surface area contributed by atoms with E-state index >= 15 is 0 Å². The lowest BCUT2D eigenvalue weighted by molar-refractivity contribution is 0.0526. The number of aromatic nitrogens is 2. The van der Waals surface area contributed by atoms with Crippen LogP contribution in [-0.4, -0.2) is 53.2 Å². The minimum atomic E-state index is -0.266. The molecule has 150 valence electrons. The molecule has 1 fully saturated rings. The first-order valence-corrected chi connectivity index (χ1v) is 10.1. The third-order valence-electron chi connectivity index (χ3n) is 5.23. The highest BCUT2D eigenvalue weighted by atomic mass is 16.5. The number of carbonyl (C=O) groups is 1. The molecule has 6 heteroatoms. The molecule has 6 nitrogen and oxygen atoms in total. The van der Waals surface area contributed by atoms with Gasteiger partial charge in [-0.3, -0.25) is 4.90 Å². The Morgan fingerprint density at radius 3 is 2.38 bits per heavy atom. The van der Waals surface area contributed by atoms with E-state index in [-0.39, 0.29) is 5.97 Å². The van der Waals surface area contributed by atoms with E-state index in [0.717, 1.165) is 49.9 Å². The summed E-state index contributed by atoms with van der Waals surface area (Å²) in [5, 5.41) is 0. The molecule has 4 rings (SSSR count). The number of carbonyl (C=O) groups excluding carboxylic acids is 1. The van der Waals surface area contributed by atoms with Crippen LogP contribution in [0.3, 0.4) is 0 Å². The van der Waals surface area contributed by atoms with Crippen molar-refractivity contribution in [2.45, 2.75) is 13.5 Å². The number of hydrogen-bond acceptors (Lipinski definition) is 5. The van der Waals surface area contributed by atoms with Crippen LogP contribution in [0.15, 0.2) is 67.0 Å². The van der Waals surface area contributed by atoms with Crippen LogP contribution in [0.2, 0.25) is 0 Å². The van der Waals surface area contributed by atoms with Crippen LogP contribution in [-0.2, 0) is 11.3 Å². The summed E-state index contributed by atoms with van der Waals surface area (Å²) in [4.78, 5) is 21.2. The van der Waals surface area contributed by atoms with Gasteiger partial charge in [0.2, 0.25) is 0 Å². The van der Waals surface area contributed by atoms with Gasteiger partial charge in [-0.1, -0.05) is 18.2 Å². The van der Waals surface area contributed by atoms with Crippen molar-refractivity contribution >= 4 is 11.7 Å². The normalized spacial score (nSPS) is 14.7. The van der Waals surface area contributed by atoms with Gasteiger partial charge in [0, 0.05) is 49.9 Å². The summed E-state index contributed by atoms with van der Waals surface area (Å²) < 4.78 is 7.20. The van der Waals surface area contributed by atoms with E-state index < -0.39 is 0 Å². The number of imidazole rings is 1. The van der Waals surface area contributed by atoms with E-state index in [1.165, 1.54) is 0 Å². The van der Waals surface area contributed by atoms with Gasteiger partial charge in [0.1, 0.15) is 5.82 Å². The molecule has 0 unspecified atom stereocenters. The molecule has 0 saturated carbocycles. The minimum absolute atomic E-state index is 0.266. The Morgan fingerprint density at radius 1 is 0.966 bits per heavy atom. The number of esters is 1. The van der Waals surface area contributed by atoms with Crippen LogP contribution < -0.4 is 4.90 Å². The number of rotatable bonds is 6. The van der Waals surface area contributed by atoms with Crippen LogP contribution in [0.5, 0.6) is 0 Å². The summed E-state index contributed by atoms with van der Waals surface area (Å²) in [5.41, 5.74) is 2.88. The van der Waals surface area contributed by atoms with Crippen LogP contribution in [0.1, 0.15) is 23.1 Å². The molecule has 2 aromatic carbocycles. The van der Waals surface area contributed by atoms with E-state index in [4.69, 9.17) is 4.74 Å². The highest BCUT2D eigenvalue weighted by Gasteiger charge is 2.19. The third-order valence-corrected chi connectivity index (χ3v) is 5.23. The molecule has 0 aliphatic carbocycles. The van der Waals surface area contributed by atoms with Crippen molar-refractivity contribution in [3.05, 3.63) is 78.4 Å². The predicted molar refractivity (Wildman–Crippen MR) is 113 cm³/mol. The molecule has 1 aromatic heterocycles. The molecular weight excluding hydrogens is 364 g/mol. The molecule has 29 heavy (non-hydrogen) atoms. The topological polar surface area (TPSA) is 50.6 Å². The second kappa shape index (κ2) is 8.92. The quantitative estimate of drug-likeness (QED) is 0.604. The largest absolute Gasteiger partial charge is 0.462 e. The highest BCUT2D eigenvalue weighted by molar-refractivity contribution is 5.89. The lowest BCUT2D eigenvalue weighted by atomic mass is 10.2. The van der Waals surface area contributed by atoms with E-state index in [2.05, 4.69) is 31.5 Å². The Kier molecular flexibility index (Phi) is 5.91. The molecule has 2 heterocycles. The monoisotopic (exact) mass is 390 g/mol. The van der Waals surface area contributed by atoms with Crippen LogP contribution in [0.25, 0.3) is 5.69 Å². The number of para-hydroxylation sites is 1. The van der Waals surface area contributed by atoms with Gasteiger partial charge in [-0.05, 0) is 43.3 Å². The first kappa shape index (κ1) is 19.2. The standard InChI is InChI=1S/C23H26N4O2/c1-2-29-23(28)19-8-10-20(11-9-19)26-16-14-25(15-17-26)18-22-24-12-13-27(22)21-6-4-3-5-7-21/h3-13H,2,14-18H2,1H3. The van der Waals surface area contributed by atoms with Gasteiger partial charge in [-0.2, -0.15) is 0 Å². The fraction of sp³-hybridized carbons (Fsp3) is 0.304. The zero-order chi connectivity index (χ0) is 20.1. The lowest BCUT2D eigenvalue weighted by Crippen LogP contribution is -2.46. The first-order chi connectivity index (χ1) is 14.2. The van der Waals surface area contributed by atoms with Crippen LogP contribution >= 0.6 is 0 Å². The van der Waals surface area contributed by atoms with Crippen molar-refractivity contribution < 1.29 is 9.53 Å². The van der Waals surface area contributed by atoms with Gasteiger partial charge in [0.05, 0.1) is 18.7 Å². The van der Waals surface area contributed by atoms with E-state index in [9.17, 15) is 4.79 Å². The SMILES string of the molecule is CCOC(=O)c1ccc(N2CCN(Cc3nccn3-c3ccccc3)CC2)cc1. The molecule has 0 amide bonds. The fourth-order valence-corrected chi connectivity index (χ4v) is 3.66. The third kappa shape index (κ3) is 4.49. The Balaban J connectivity index is 1.35. The second-order valence-electron chi connectivity index (χ2n) is 7.08. The van der Waals surface area contributed by atoms with Gasteiger partial charge >= 0.3 is 5.97 Å². The van der Waals surface area contributed by atoms with Crippen LogP contribution in [0.4, 0.5) is 5.69 Å². The fourth-order valence-electron chi connectivity index (χ4n) is 3.66. The summed E-state index contributed by atoms with van der Waals surface area (Å²) in [6, 6.07) is 18.0. The Hall–Kier alpha value is -3.12. The molecule has 0 atom stereocenters. The van der Waals surface area contributed by atoms with Crippen molar-refractivity contribution in [2.75, 3.05) is 37.7 Å².